The fraction of sp³-hybridized carbons (Fsp3) is 0.875. The fourth-order valence-corrected chi connectivity index (χ4v) is 1.78. The molecule has 0 aromatic heterocycles. The van der Waals surface area contributed by atoms with Crippen LogP contribution in [0.3, 0.4) is 0 Å². The first kappa shape index (κ1) is 17.3. The van der Waals surface area contributed by atoms with Gasteiger partial charge < -0.3 is 10.6 Å². The Hall–Kier alpha value is -0.700. The third-order valence-electron chi connectivity index (χ3n) is 2.88. The van der Waals surface area contributed by atoms with Crippen LogP contribution in [0.15, 0.2) is 0 Å². The van der Waals surface area contributed by atoms with Gasteiger partial charge in [-0.25, -0.2) is 0 Å². The van der Waals surface area contributed by atoms with Gasteiger partial charge in [-0.2, -0.15) is 26.3 Å². The van der Waals surface area contributed by atoms with Gasteiger partial charge in [-0.3, -0.25) is 4.79 Å². The van der Waals surface area contributed by atoms with Crippen molar-refractivity contribution in [1.82, 2.24) is 4.90 Å². The second-order valence-electron chi connectivity index (χ2n) is 3.85. The van der Waals surface area contributed by atoms with Crippen LogP contribution in [-0.4, -0.2) is 42.8 Å². The molecule has 1 amide bonds. The maximum atomic E-state index is 12.6. The van der Waals surface area contributed by atoms with E-state index >= 15 is 0 Å². The Morgan fingerprint density at radius 1 is 1.17 bits per heavy atom. The number of nitrogens with two attached hydrogens (primary N) is 1. The van der Waals surface area contributed by atoms with E-state index in [1.54, 1.807) is 0 Å². The lowest BCUT2D eigenvalue weighted by Gasteiger charge is -2.33. The van der Waals surface area contributed by atoms with Crippen molar-refractivity contribution < 1.29 is 31.1 Å². The summed E-state index contributed by atoms with van der Waals surface area (Å²) in [4.78, 5) is 11.5. The average Bonchev–Trinajstić information content (AvgIpc) is 2.60. The van der Waals surface area contributed by atoms with Crippen LogP contribution < -0.4 is 5.73 Å². The van der Waals surface area contributed by atoms with Crippen LogP contribution in [0.4, 0.5) is 26.3 Å². The van der Waals surface area contributed by atoms with E-state index in [4.69, 9.17) is 5.73 Å². The van der Waals surface area contributed by atoms with Gasteiger partial charge in [0.1, 0.15) is 0 Å². The number of rotatable bonds is 1. The first-order valence-corrected chi connectivity index (χ1v) is 4.66. The second kappa shape index (κ2) is 5.12. The molecular weight excluding hydrogens is 290 g/mol. The predicted octanol–water partition coefficient (Wildman–Crippen LogP) is 1.71. The van der Waals surface area contributed by atoms with E-state index in [-0.39, 0.29) is 12.4 Å². The monoisotopic (exact) mass is 300 g/mol. The molecule has 0 spiro atoms. The topological polar surface area (TPSA) is 46.3 Å². The summed E-state index contributed by atoms with van der Waals surface area (Å²) in [5.41, 5.74) is 1.08. The van der Waals surface area contributed by atoms with Crippen LogP contribution in [0.1, 0.15) is 6.42 Å². The summed E-state index contributed by atoms with van der Waals surface area (Å²) in [5, 5.41) is 0. The quantitative estimate of drug-likeness (QED) is 0.749. The molecule has 10 heteroatoms. The summed E-state index contributed by atoms with van der Waals surface area (Å²) in [6, 6.07) is 0. The Morgan fingerprint density at radius 3 is 1.89 bits per heavy atom. The van der Waals surface area contributed by atoms with Gasteiger partial charge in [0.25, 0.3) is 0 Å². The van der Waals surface area contributed by atoms with Crippen molar-refractivity contribution in [1.29, 1.82) is 0 Å². The van der Waals surface area contributed by atoms with Gasteiger partial charge in [-0.1, -0.05) is 0 Å². The highest BCUT2D eigenvalue weighted by molar-refractivity contribution is 5.85. The normalized spacial score (nSPS) is 19.6. The lowest BCUT2D eigenvalue weighted by atomic mass is 9.85. The maximum Gasteiger partial charge on any atom is 0.404 e. The Bertz CT molecular complexity index is 302. The Morgan fingerprint density at radius 2 is 1.61 bits per heavy atom. The first-order valence-electron chi connectivity index (χ1n) is 4.66. The highest BCUT2D eigenvalue weighted by Crippen LogP contribution is 2.55. The second-order valence-corrected chi connectivity index (χ2v) is 3.85. The third kappa shape index (κ3) is 2.66. The molecule has 0 aromatic carbocycles. The predicted molar refractivity (Wildman–Crippen MR) is 52.0 cm³/mol. The molecule has 0 atom stereocenters. The highest BCUT2D eigenvalue weighted by Gasteiger charge is 2.72. The van der Waals surface area contributed by atoms with E-state index in [0.29, 0.717) is 4.90 Å². The number of nitrogens with zero attached hydrogens (tertiary/aromatic N) is 1. The zero-order valence-corrected chi connectivity index (χ0v) is 9.75. The molecule has 1 aliphatic heterocycles. The van der Waals surface area contributed by atoms with E-state index in [1.807, 2.05) is 0 Å². The number of hydrogen-bond acceptors (Lipinski definition) is 2. The van der Waals surface area contributed by atoms with Crippen LogP contribution in [0, 0.1) is 5.41 Å². The Kier molecular flexibility index (Phi) is 4.92. The molecule has 1 rings (SSSR count). The lowest BCUT2D eigenvalue weighted by molar-refractivity contribution is -0.334. The molecule has 0 unspecified atom stereocenters. The number of hydrogen-bond donors (Lipinski definition) is 1. The minimum absolute atomic E-state index is 0. The van der Waals surface area contributed by atoms with E-state index in [0.717, 1.165) is 0 Å². The molecule has 0 aromatic rings. The molecule has 0 bridgehead atoms. The Labute approximate surface area is 105 Å². The van der Waals surface area contributed by atoms with Crippen molar-refractivity contribution in [3.05, 3.63) is 0 Å². The van der Waals surface area contributed by atoms with Crippen LogP contribution in [0.25, 0.3) is 0 Å². The minimum Gasteiger partial charge on any atom is -0.340 e. The van der Waals surface area contributed by atoms with Crippen molar-refractivity contribution in [2.45, 2.75) is 18.8 Å². The number of amides is 1. The van der Waals surface area contributed by atoms with Crippen LogP contribution in [0.2, 0.25) is 0 Å². The van der Waals surface area contributed by atoms with E-state index in [1.165, 1.54) is 0 Å². The van der Waals surface area contributed by atoms with Gasteiger partial charge in [0.05, 0.1) is 6.54 Å². The summed E-state index contributed by atoms with van der Waals surface area (Å²) < 4.78 is 75.4. The van der Waals surface area contributed by atoms with E-state index in [2.05, 4.69) is 0 Å². The Balaban J connectivity index is 0.00000289. The van der Waals surface area contributed by atoms with Crippen LogP contribution in [0.5, 0.6) is 0 Å². The molecule has 0 aliphatic carbocycles. The van der Waals surface area contributed by atoms with E-state index < -0.39 is 49.7 Å². The molecule has 3 nitrogen and oxygen atoms in total. The van der Waals surface area contributed by atoms with Crippen molar-refractivity contribution in [3.8, 4) is 0 Å². The van der Waals surface area contributed by atoms with E-state index in [9.17, 15) is 31.1 Å². The zero-order valence-electron chi connectivity index (χ0n) is 8.94. The highest BCUT2D eigenvalue weighted by atomic mass is 35.5. The summed E-state index contributed by atoms with van der Waals surface area (Å²) in [5.74, 6) is -0.916. The summed E-state index contributed by atoms with van der Waals surface area (Å²) in [6.45, 7) is -2.60. The minimum atomic E-state index is -5.44. The van der Waals surface area contributed by atoms with Crippen molar-refractivity contribution >= 4 is 18.3 Å². The lowest BCUT2D eigenvalue weighted by Crippen LogP contribution is -2.52. The first-order chi connectivity index (χ1) is 7.55. The molecule has 1 heterocycles. The molecule has 1 fully saturated rings. The summed E-state index contributed by atoms with van der Waals surface area (Å²) in [7, 11) is 0. The van der Waals surface area contributed by atoms with Gasteiger partial charge in [-0.05, 0) is 6.42 Å². The smallest absolute Gasteiger partial charge is 0.340 e. The SMILES string of the molecule is Cl.NCC(=O)N1CCC(C(F)(F)F)(C(F)(F)F)C1. The van der Waals surface area contributed by atoms with Crippen molar-refractivity contribution in [3.63, 3.8) is 0 Å². The average molecular weight is 301 g/mol. The fourth-order valence-electron chi connectivity index (χ4n) is 1.78. The molecule has 108 valence electrons. The van der Waals surface area contributed by atoms with Gasteiger partial charge in [-0.15, -0.1) is 12.4 Å². The van der Waals surface area contributed by atoms with Crippen molar-refractivity contribution in [2.75, 3.05) is 19.6 Å². The summed E-state index contributed by atoms with van der Waals surface area (Å²) >= 11 is 0. The van der Waals surface area contributed by atoms with Crippen LogP contribution in [-0.2, 0) is 4.79 Å². The van der Waals surface area contributed by atoms with Gasteiger partial charge in [0.2, 0.25) is 5.91 Å². The molecule has 2 N–H and O–H groups in total. The molecule has 1 aliphatic rings. The maximum absolute atomic E-state index is 12.6. The number of halogens is 7. The number of carbonyl (C=O) groups excluding carboxylic acids is 1. The van der Waals surface area contributed by atoms with Crippen LogP contribution >= 0.6 is 12.4 Å². The standard InChI is InChI=1S/C8H10F6N2O.ClH/c9-7(10,11)6(8(12,13)14)1-2-16(4-6)5(17)3-15;/h1-4,15H2;1H. The summed E-state index contributed by atoms with van der Waals surface area (Å²) in [6.07, 6.45) is -12.0. The molecule has 0 saturated carbocycles. The molecule has 18 heavy (non-hydrogen) atoms. The number of likely N-dealkylation sites (tertiary alicyclic amines) is 1. The number of alkyl halides is 6. The third-order valence-corrected chi connectivity index (χ3v) is 2.88. The largest absolute Gasteiger partial charge is 0.404 e. The van der Waals surface area contributed by atoms with Gasteiger partial charge in [0, 0.05) is 13.1 Å². The number of carbonyl (C=O) groups is 1. The van der Waals surface area contributed by atoms with Crippen molar-refractivity contribution in [2.24, 2.45) is 11.1 Å². The van der Waals surface area contributed by atoms with Gasteiger partial charge >= 0.3 is 12.4 Å². The molecule has 1 saturated heterocycles. The molecule has 0 radical (unpaired) electrons. The van der Waals surface area contributed by atoms with Gasteiger partial charge in [0.15, 0.2) is 5.41 Å². The molecular formula is C8H11ClF6N2O. The zero-order chi connectivity index (χ0) is 13.5.